The van der Waals surface area contributed by atoms with Crippen molar-refractivity contribution in [2.24, 2.45) is 0 Å². The van der Waals surface area contributed by atoms with Gasteiger partial charge in [-0.15, -0.1) is 0 Å². The molecular weight excluding hydrogens is 252 g/mol. The third kappa shape index (κ3) is 4.71. The van der Waals surface area contributed by atoms with E-state index in [4.69, 9.17) is 14.6 Å². The Bertz CT molecular complexity index is 492. The van der Waals surface area contributed by atoms with E-state index < -0.39 is 11.9 Å². The number of ether oxygens (including phenoxy) is 3. The van der Waals surface area contributed by atoms with Crippen molar-refractivity contribution in [3.05, 3.63) is 29.8 Å². The van der Waals surface area contributed by atoms with Gasteiger partial charge in [-0.25, -0.2) is 9.59 Å². The summed E-state index contributed by atoms with van der Waals surface area (Å²) >= 11 is 0. The Morgan fingerprint density at radius 1 is 1.32 bits per heavy atom. The molecule has 0 spiro atoms. The minimum absolute atomic E-state index is 0.266. The van der Waals surface area contributed by atoms with Crippen LogP contribution in [-0.4, -0.2) is 37.9 Å². The first kappa shape index (κ1) is 14.6. The van der Waals surface area contributed by atoms with Crippen LogP contribution in [0.2, 0.25) is 0 Å². The second-order valence-corrected chi connectivity index (χ2v) is 3.44. The lowest BCUT2D eigenvalue weighted by Crippen LogP contribution is -2.13. The molecule has 0 unspecified atom stereocenters. The van der Waals surface area contributed by atoms with Crippen molar-refractivity contribution >= 4 is 18.0 Å². The van der Waals surface area contributed by atoms with Crippen LogP contribution in [0.5, 0.6) is 11.5 Å². The molecule has 0 atom stereocenters. The Balaban J connectivity index is 2.95. The highest BCUT2D eigenvalue weighted by molar-refractivity contribution is 5.86. The van der Waals surface area contributed by atoms with E-state index in [1.165, 1.54) is 20.3 Å². The standard InChI is InChI=1S/C13H14O6/c1-17-10-5-3-9(4-6-12(14)15)11(7-10)19-8-13(16)18-2/h3-7H,8H2,1-2H3,(H,14,15)/b6-4+. The first-order valence-corrected chi connectivity index (χ1v) is 5.35. The van der Waals surface area contributed by atoms with E-state index in [1.807, 2.05) is 0 Å². The molecule has 6 nitrogen and oxygen atoms in total. The maximum absolute atomic E-state index is 11.0. The predicted octanol–water partition coefficient (Wildman–Crippen LogP) is 1.34. The van der Waals surface area contributed by atoms with E-state index in [9.17, 15) is 9.59 Å². The van der Waals surface area contributed by atoms with Gasteiger partial charge in [-0.3, -0.25) is 0 Å². The number of hydrogen-bond donors (Lipinski definition) is 1. The van der Waals surface area contributed by atoms with Gasteiger partial charge in [-0.2, -0.15) is 0 Å². The second-order valence-electron chi connectivity index (χ2n) is 3.44. The summed E-state index contributed by atoms with van der Waals surface area (Å²) in [6.07, 6.45) is 2.35. The summed E-state index contributed by atoms with van der Waals surface area (Å²) in [5, 5.41) is 8.60. The molecule has 0 saturated carbocycles. The molecule has 1 N–H and O–H groups in total. The summed E-state index contributed by atoms with van der Waals surface area (Å²) < 4.78 is 14.8. The van der Waals surface area contributed by atoms with Crippen LogP contribution in [0.15, 0.2) is 24.3 Å². The molecule has 0 bridgehead atoms. The van der Waals surface area contributed by atoms with Crippen LogP contribution in [0.3, 0.4) is 0 Å². The molecule has 1 aromatic rings. The number of aliphatic carboxylic acids is 1. The highest BCUT2D eigenvalue weighted by Gasteiger charge is 2.07. The molecule has 0 aliphatic carbocycles. The van der Waals surface area contributed by atoms with Gasteiger partial charge in [0, 0.05) is 17.7 Å². The topological polar surface area (TPSA) is 82.1 Å². The monoisotopic (exact) mass is 266 g/mol. The van der Waals surface area contributed by atoms with Gasteiger partial charge in [0.15, 0.2) is 6.61 Å². The zero-order valence-corrected chi connectivity index (χ0v) is 10.6. The lowest BCUT2D eigenvalue weighted by atomic mass is 10.1. The Morgan fingerprint density at radius 2 is 2.05 bits per heavy atom. The van der Waals surface area contributed by atoms with Gasteiger partial charge >= 0.3 is 11.9 Å². The number of carboxylic acid groups (broad SMARTS) is 1. The van der Waals surface area contributed by atoms with Crippen LogP contribution >= 0.6 is 0 Å². The molecule has 19 heavy (non-hydrogen) atoms. The van der Waals surface area contributed by atoms with Gasteiger partial charge < -0.3 is 19.3 Å². The Morgan fingerprint density at radius 3 is 2.63 bits per heavy atom. The minimum Gasteiger partial charge on any atom is -0.497 e. The third-order valence-corrected chi connectivity index (χ3v) is 2.20. The molecule has 6 heteroatoms. The molecule has 0 aromatic heterocycles. The molecule has 102 valence electrons. The fourth-order valence-corrected chi connectivity index (χ4v) is 1.26. The van der Waals surface area contributed by atoms with Gasteiger partial charge in [0.1, 0.15) is 11.5 Å². The number of rotatable bonds is 6. The molecule has 0 amide bonds. The van der Waals surface area contributed by atoms with Crippen molar-refractivity contribution in [1.82, 2.24) is 0 Å². The maximum atomic E-state index is 11.0. The first-order chi connectivity index (χ1) is 9.06. The van der Waals surface area contributed by atoms with Crippen LogP contribution in [0.4, 0.5) is 0 Å². The van der Waals surface area contributed by atoms with Gasteiger partial charge in [0.25, 0.3) is 0 Å². The van der Waals surface area contributed by atoms with E-state index in [1.54, 1.807) is 18.2 Å². The molecule has 0 fully saturated rings. The van der Waals surface area contributed by atoms with Gasteiger partial charge in [0.05, 0.1) is 14.2 Å². The van der Waals surface area contributed by atoms with Crippen molar-refractivity contribution in [3.8, 4) is 11.5 Å². The molecule has 0 heterocycles. The van der Waals surface area contributed by atoms with E-state index >= 15 is 0 Å². The average molecular weight is 266 g/mol. The number of carbonyl (C=O) groups is 2. The number of esters is 1. The number of hydrogen-bond acceptors (Lipinski definition) is 5. The largest absolute Gasteiger partial charge is 0.497 e. The van der Waals surface area contributed by atoms with Crippen LogP contribution in [0.1, 0.15) is 5.56 Å². The van der Waals surface area contributed by atoms with Crippen molar-refractivity contribution < 1.29 is 28.9 Å². The summed E-state index contributed by atoms with van der Waals surface area (Å²) in [5.41, 5.74) is 0.520. The third-order valence-electron chi connectivity index (χ3n) is 2.20. The molecule has 0 radical (unpaired) electrons. The summed E-state index contributed by atoms with van der Waals surface area (Å²) in [6, 6.07) is 4.85. The fraction of sp³-hybridized carbons (Fsp3) is 0.231. The Kier molecular flexibility index (Phi) is 5.40. The zero-order valence-electron chi connectivity index (χ0n) is 10.6. The SMILES string of the molecule is COC(=O)COc1cc(OC)ccc1/C=C/C(=O)O. The van der Waals surface area contributed by atoms with Gasteiger partial charge in [-0.05, 0) is 18.2 Å². The van der Waals surface area contributed by atoms with E-state index in [0.29, 0.717) is 17.1 Å². The first-order valence-electron chi connectivity index (χ1n) is 5.35. The lowest BCUT2D eigenvalue weighted by Gasteiger charge is -2.10. The van der Waals surface area contributed by atoms with Crippen molar-refractivity contribution in [3.63, 3.8) is 0 Å². The number of benzene rings is 1. The smallest absolute Gasteiger partial charge is 0.343 e. The number of carbonyl (C=O) groups excluding carboxylic acids is 1. The lowest BCUT2D eigenvalue weighted by molar-refractivity contribution is -0.143. The normalized spacial score (nSPS) is 10.2. The van der Waals surface area contributed by atoms with Crippen LogP contribution in [0.25, 0.3) is 6.08 Å². The van der Waals surface area contributed by atoms with Crippen LogP contribution in [-0.2, 0) is 14.3 Å². The summed E-state index contributed by atoms with van der Waals surface area (Å²) in [7, 11) is 2.74. The summed E-state index contributed by atoms with van der Waals surface area (Å²) in [4.78, 5) is 21.5. The molecular formula is C13H14O6. The summed E-state index contributed by atoms with van der Waals surface area (Å²) in [5.74, 6) is -0.736. The molecule has 1 aromatic carbocycles. The Hall–Kier alpha value is -2.50. The quantitative estimate of drug-likeness (QED) is 0.618. The van der Waals surface area contributed by atoms with Crippen molar-refractivity contribution in [1.29, 1.82) is 0 Å². The molecule has 0 saturated heterocycles. The van der Waals surface area contributed by atoms with E-state index in [2.05, 4.69) is 4.74 Å². The van der Waals surface area contributed by atoms with Gasteiger partial charge in [-0.1, -0.05) is 0 Å². The van der Waals surface area contributed by atoms with Crippen molar-refractivity contribution in [2.75, 3.05) is 20.8 Å². The highest BCUT2D eigenvalue weighted by atomic mass is 16.6. The van der Waals surface area contributed by atoms with Crippen LogP contribution < -0.4 is 9.47 Å². The Labute approximate surface area is 110 Å². The fourth-order valence-electron chi connectivity index (χ4n) is 1.26. The van der Waals surface area contributed by atoms with Crippen molar-refractivity contribution in [2.45, 2.75) is 0 Å². The van der Waals surface area contributed by atoms with Gasteiger partial charge in [0.2, 0.25) is 0 Å². The zero-order chi connectivity index (χ0) is 14.3. The molecule has 0 aliphatic rings. The number of carboxylic acids is 1. The second kappa shape index (κ2) is 7.05. The minimum atomic E-state index is -1.07. The maximum Gasteiger partial charge on any atom is 0.343 e. The molecule has 1 rings (SSSR count). The number of methoxy groups -OCH3 is 2. The predicted molar refractivity (Wildman–Crippen MR) is 67.2 cm³/mol. The summed E-state index contributed by atoms with van der Waals surface area (Å²) in [6.45, 7) is -0.266. The van der Waals surface area contributed by atoms with E-state index in [0.717, 1.165) is 6.08 Å². The highest BCUT2D eigenvalue weighted by Crippen LogP contribution is 2.26. The average Bonchev–Trinajstić information content (AvgIpc) is 2.42. The van der Waals surface area contributed by atoms with Crippen LogP contribution in [0, 0.1) is 0 Å². The van der Waals surface area contributed by atoms with E-state index in [-0.39, 0.29) is 6.61 Å². The molecule has 0 aliphatic heterocycles.